The minimum absolute atomic E-state index is 0.0907. The predicted octanol–water partition coefficient (Wildman–Crippen LogP) is 5.68. The van der Waals surface area contributed by atoms with Gasteiger partial charge < -0.3 is 9.30 Å². The number of likely N-dealkylation sites (N-methyl/N-ethyl adjacent to an activating group) is 1. The van der Waals surface area contributed by atoms with Crippen LogP contribution >= 0.6 is 11.8 Å². The van der Waals surface area contributed by atoms with Crippen molar-refractivity contribution in [3.8, 4) is 5.69 Å². The van der Waals surface area contributed by atoms with Gasteiger partial charge in [0.05, 0.1) is 23.3 Å². The highest BCUT2D eigenvalue weighted by Gasteiger charge is 2.30. The summed E-state index contributed by atoms with van der Waals surface area (Å²) in [6.45, 7) is 6.29. The number of nitrogens with zero attached hydrogens (tertiary/aromatic N) is 3. The molecule has 0 bridgehead atoms. The average Bonchev–Trinajstić information content (AvgIpc) is 3.28. The second kappa shape index (κ2) is 9.73. The predicted molar refractivity (Wildman–Crippen MR) is 138 cm³/mol. The lowest BCUT2D eigenvalue weighted by Crippen LogP contribution is -2.23. The van der Waals surface area contributed by atoms with Crippen LogP contribution in [0.2, 0.25) is 0 Å². The van der Waals surface area contributed by atoms with Gasteiger partial charge in [-0.05, 0) is 91.7 Å². The molecule has 1 amide bonds. The number of hydrogen-bond acceptors (Lipinski definition) is 5. The number of aliphatic imine (C=N–C) groups is 1. The first-order valence-corrected chi connectivity index (χ1v) is 11.9. The fourth-order valence-electron chi connectivity index (χ4n) is 3.91. The van der Waals surface area contributed by atoms with Gasteiger partial charge in [-0.3, -0.25) is 9.69 Å². The van der Waals surface area contributed by atoms with Gasteiger partial charge in [-0.2, -0.15) is 0 Å². The highest BCUT2D eigenvalue weighted by Crippen LogP contribution is 2.34. The molecule has 174 valence electrons. The normalized spacial score (nSPS) is 16.0. The van der Waals surface area contributed by atoms with Crippen LogP contribution in [-0.4, -0.2) is 40.7 Å². The van der Waals surface area contributed by atoms with Gasteiger partial charge in [0.2, 0.25) is 0 Å². The SMILES string of the molecule is CCc1ccc(-n2c(C)cc(/C=C3/SC(=Nc4ccc(C(=O)OC)cc4)N(C)C3=O)c2C)cc1. The van der Waals surface area contributed by atoms with Crippen molar-refractivity contribution in [3.63, 3.8) is 0 Å². The van der Waals surface area contributed by atoms with E-state index in [1.807, 2.05) is 6.08 Å². The third-order valence-corrected chi connectivity index (χ3v) is 6.94. The fourth-order valence-corrected chi connectivity index (χ4v) is 4.88. The summed E-state index contributed by atoms with van der Waals surface area (Å²) in [5.41, 5.74) is 6.71. The smallest absolute Gasteiger partial charge is 0.337 e. The van der Waals surface area contributed by atoms with Crippen molar-refractivity contribution >= 4 is 40.6 Å². The van der Waals surface area contributed by atoms with E-state index < -0.39 is 5.97 Å². The van der Waals surface area contributed by atoms with Crippen molar-refractivity contribution in [3.05, 3.63) is 87.6 Å². The molecule has 1 aromatic heterocycles. The number of amides is 1. The Morgan fingerprint density at radius 2 is 1.76 bits per heavy atom. The Morgan fingerprint density at radius 1 is 1.09 bits per heavy atom. The van der Waals surface area contributed by atoms with E-state index in [0.717, 1.165) is 29.1 Å². The zero-order valence-corrected chi connectivity index (χ0v) is 20.8. The van der Waals surface area contributed by atoms with Crippen molar-refractivity contribution in [1.29, 1.82) is 0 Å². The van der Waals surface area contributed by atoms with Crippen molar-refractivity contribution in [2.75, 3.05) is 14.2 Å². The van der Waals surface area contributed by atoms with Crippen molar-refractivity contribution in [2.24, 2.45) is 4.99 Å². The van der Waals surface area contributed by atoms with Crippen LogP contribution < -0.4 is 0 Å². The van der Waals surface area contributed by atoms with Crippen LogP contribution in [0.25, 0.3) is 11.8 Å². The summed E-state index contributed by atoms with van der Waals surface area (Å²) in [5, 5.41) is 0.589. The van der Waals surface area contributed by atoms with Crippen LogP contribution in [0.15, 0.2) is 64.5 Å². The molecule has 1 aliphatic heterocycles. The largest absolute Gasteiger partial charge is 0.465 e. The Bertz CT molecular complexity index is 1300. The Labute approximate surface area is 203 Å². The van der Waals surface area contributed by atoms with Gasteiger partial charge >= 0.3 is 5.97 Å². The van der Waals surface area contributed by atoms with Gasteiger partial charge in [0.1, 0.15) is 0 Å². The number of amidine groups is 1. The first-order valence-electron chi connectivity index (χ1n) is 11.0. The second-order valence-electron chi connectivity index (χ2n) is 8.09. The third kappa shape index (κ3) is 4.56. The Balaban J connectivity index is 1.61. The molecule has 0 saturated carbocycles. The second-order valence-corrected chi connectivity index (χ2v) is 9.10. The van der Waals surface area contributed by atoms with E-state index in [1.54, 1.807) is 36.2 Å². The number of esters is 1. The molecule has 0 radical (unpaired) electrons. The highest BCUT2D eigenvalue weighted by atomic mass is 32.2. The monoisotopic (exact) mass is 473 g/mol. The number of methoxy groups -OCH3 is 1. The molecule has 0 atom stereocenters. The summed E-state index contributed by atoms with van der Waals surface area (Å²) in [6, 6.07) is 17.5. The maximum absolute atomic E-state index is 12.9. The van der Waals surface area contributed by atoms with E-state index in [2.05, 4.69) is 60.7 Å². The molecule has 1 aliphatic rings. The number of ether oxygens (including phenoxy) is 1. The fraction of sp³-hybridized carbons (Fsp3) is 0.222. The molecular formula is C27H27N3O3S. The van der Waals surface area contributed by atoms with Crippen LogP contribution in [0.3, 0.4) is 0 Å². The van der Waals surface area contributed by atoms with Crippen molar-refractivity contribution < 1.29 is 14.3 Å². The molecule has 1 saturated heterocycles. The number of rotatable bonds is 5. The van der Waals surface area contributed by atoms with E-state index in [-0.39, 0.29) is 5.91 Å². The Kier molecular flexibility index (Phi) is 6.75. The van der Waals surface area contributed by atoms with Gasteiger partial charge in [0, 0.05) is 24.1 Å². The first-order chi connectivity index (χ1) is 16.3. The summed E-state index contributed by atoms with van der Waals surface area (Å²) in [7, 11) is 3.07. The molecule has 3 aromatic rings. The van der Waals surface area contributed by atoms with Crippen molar-refractivity contribution in [2.45, 2.75) is 27.2 Å². The number of carbonyl (C=O) groups excluding carboxylic acids is 2. The standard InChI is InChI=1S/C27H27N3O3S/c1-6-19-7-13-23(14-8-19)30-17(2)15-21(18(30)3)16-24-25(31)29(4)27(34-24)28-22-11-9-20(10-12-22)26(32)33-5/h7-16H,6H2,1-5H3/b24-16+,28-27?. The molecule has 2 aromatic carbocycles. The molecule has 4 rings (SSSR count). The lowest BCUT2D eigenvalue weighted by atomic mass is 10.1. The van der Waals surface area contributed by atoms with Gasteiger partial charge in [-0.1, -0.05) is 19.1 Å². The molecule has 34 heavy (non-hydrogen) atoms. The Morgan fingerprint density at radius 3 is 2.38 bits per heavy atom. The molecule has 7 heteroatoms. The Hall–Kier alpha value is -3.58. The first kappa shape index (κ1) is 23.6. The maximum Gasteiger partial charge on any atom is 0.337 e. The van der Waals surface area contributed by atoms with E-state index >= 15 is 0 Å². The van der Waals surface area contributed by atoms with Gasteiger partial charge in [0.15, 0.2) is 5.17 Å². The third-order valence-electron chi connectivity index (χ3n) is 5.88. The zero-order chi connectivity index (χ0) is 24.4. The lowest BCUT2D eigenvalue weighted by molar-refractivity contribution is -0.121. The topological polar surface area (TPSA) is 63.9 Å². The maximum atomic E-state index is 12.9. The van der Waals surface area contributed by atoms with E-state index in [1.165, 1.54) is 24.4 Å². The number of hydrogen-bond donors (Lipinski definition) is 0. The molecular weight excluding hydrogens is 446 g/mol. The summed E-state index contributed by atoms with van der Waals surface area (Å²) in [4.78, 5) is 31.3. The minimum Gasteiger partial charge on any atom is -0.465 e. The van der Waals surface area contributed by atoms with E-state index in [4.69, 9.17) is 4.74 Å². The molecule has 1 fully saturated rings. The molecule has 0 N–H and O–H groups in total. The number of benzene rings is 2. The van der Waals surface area contributed by atoms with Crippen LogP contribution in [0.4, 0.5) is 5.69 Å². The van der Waals surface area contributed by atoms with Crippen LogP contribution in [0, 0.1) is 13.8 Å². The number of aryl methyl sites for hydroxylation is 2. The molecule has 6 nitrogen and oxygen atoms in total. The molecule has 0 unspecified atom stereocenters. The van der Waals surface area contributed by atoms with Crippen LogP contribution in [-0.2, 0) is 16.0 Å². The van der Waals surface area contributed by atoms with Gasteiger partial charge in [-0.25, -0.2) is 9.79 Å². The zero-order valence-electron chi connectivity index (χ0n) is 20.0. The quantitative estimate of drug-likeness (QED) is 0.353. The molecule has 0 spiro atoms. The summed E-state index contributed by atoms with van der Waals surface area (Å²) >= 11 is 1.34. The summed E-state index contributed by atoms with van der Waals surface area (Å²) < 4.78 is 6.93. The minimum atomic E-state index is -0.397. The number of thioether (sulfide) groups is 1. The van der Waals surface area contributed by atoms with Gasteiger partial charge in [0.25, 0.3) is 5.91 Å². The number of aromatic nitrogens is 1. The van der Waals surface area contributed by atoms with E-state index in [0.29, 0.717) is 21.3 Å². The highest BCUT2D eigenvalue weighted by molar-refractivity contribution is 8.18. The molecule has 2 heterocycles. The van der Waals surface area contributed by atoms with Crippen molar-refractivity contribution in [1.82, 2.24) is 9.47 Å². The number of carbonyl (C=O) groups is 2. The summed E-state index contributed by atoms with van der Waals surface area (Å²) in [6.07, 6.45) is 2.94. The van der Waals surface area contributed by atoms with Crippen LogP contribution in [0.1, 0.15) is 39.8 Å². The average molecular weight is 474 g/mol. The summed E-state index contributed by atoms with van der Waals surface area (Å²) in [5.74, 6) is -0.488. The lowest BCUT2D eigenvalue weighted by Gasteiger charge is -2.10. The van der Waals surface area contributed by atoms with Crippen LogP contribution in [0.5, 0.6) is 0 Å². The van der Waals surface area contributed by atoms with E-state index in [9.17, 15) is 9.59 Å². The van der Waals surface area contributed by atoms with Gasteiger partial charge in [-0.15, -0.1) is 0 Å². The molecule has 0 aliphatic carbocycles.